The van der Waals surface area contributed by atoms with Gasteiger partial charge < -0.3 is 0 Å². The van der Waals surface area contributed by atoms with Crippen LogP contribution in [0.5, 0.6) is 0 Å². The van der Waals surface area contributed by atoms with Crippen LogP contribution in [0, 0.1) is 0 Å². The van der Waals surface area contributed by atoms with E-state index in [4.69, 9.17) is 0 Å². The number of rotatable bonds is 1. The highest BCUT2D eigenvalue weighted by Crippen LogP contribution is 2.41. The zero-order valence-electron chi connectivity index (χ0n) is 14.9. The van der Waals surface area contributed by atoms with Crippen LogP contribution in [0.3, 0.4) is 0 Å². The molecule has 28 heavy (non-hydrogen) atoms. The lowest BCUT2D eigenvalue weighted by molar-refractivity contribution is 1.72. The molecule has 6 aromatic rings. The molecule has 6 rings (SSSR count). The maximum absolute atomic E-state index is 3.64. The molecule has 1 heterocycles. The fraction of sp³-hybridized carbons (Fsp3) is 0. The highest BCUT2D eigenvalue weighted by Gasteiger charge is 2.12. The molecule has 0 bridgehead atoms. The second-order valence-electron chi connectivity index (χ2n) is 7.15. The summed E-state index contributed by atoms with van der Waals surface area (Å²) < 4.78 is 3.79. The predicted molar refractivity (Wildman–Crippen MR) is 127 cm³/mol. The molecular formula is C26H15BrS. The van der Waals surface area contributed by atoms with Crippen molar-refractivity contribution in [2.45, 2.75) is 0 Å². The van der Waals surface area contributed by atoms with E-state index < -0.39 is 0 Å². The fourth-order valence-electron chi connectivity index (χ4n) is 4.23. The van der Waals surface area contributed by atoms with Crippen LogP contribution in [0.2, 0.25) is 0 Å². The van der Waals surface area contributed by atoms with Gasteiger partial charge in [-0.05, 0) is 69.1 Å². The summed E-state index contributed by atoms with van der Waals surface area (Å²) in [5.74, 6) is 0. The third-order valence-electron chi connectivity index (χ3n) is 5.49. The van der Waals surface area contributed by atoms with E-state index in [1.54, 1.807) is 0 Å². The molecule has 0 fully saturated rings. The molecule has 0 saturated carbocycles. The normalized spacial score (nSPS) is 11.8. The zero-order valence-corrected chi connectivity index (χ0v) is 17.3. The van der Waals surface area contributed by atoms with Gasteiger partial charge in [0.05, 0.1) is 0 Å². The van der Waals surface area contributed by atoms with Gasteiger partial charge in [0.15, 0.2) is 0 Å². The molecule has 0 unspecified atom stereocenters. The van der Waals surface area contributed by atoms with Gasteiger partial charge in [0, 0.05) is 24.6 Å². The summed E-state index contributed by atoms with van der Waals surface area (Å²) in [5, 5.41) is 7.84. The topological polar surface area (TPSA) is 0 Å². The molecule has 0 spiro atoms. The minimum absolute atomic E-state index is 1.13. The van der Waals surface area contributed by atoms with Crippen molar-refractivity contribution in [3.05, 3.63) is 95.5 Å². The Hall–Kier alpha value is -2.68. The Morgan fingerprint density at radius 3 is 1.86 bits per heavy atom. The molecule has 1 aromatic heterocycles. The molecule has 0 saturated heterocycles. The van der Waals surface area contributed by atoms with Crippen molar-refractivity contribution in [1.29, 1.82) is 0 Å². The van der Waals surface area contributed by atoms with Crippen molar-refractivity contribution >= 4 is 69.0 Å². The number of hydrogen-bond donors (Lipinski definition) is 0. The van der Waals surface area contributed by atoms with E-state index in [0.29, 0.717) is 0 Å². The first kappa shape index (κ1) is 16.3. The smallest absolute Gasteiger partial charge is 0.0356 e. The minimum atomic E-state index is 1.13. The Morgan fingerprint density at radius 2 is 1.14 bits per heavy atom. The second kappa shape index (κ2) is 6.16. The average molecular weight is 439 g/mol. The fourth-order valence-corrected chi connectivity index (χ4v) is 5.66. The largest absolute Gasteiger partial charge is 0.135 e. The number of benzene rings is 5. The van der Waals surface area contributed by atoms with Crippen LogP contribution in [-0.2, 0) is 0 Å². The van der Waals surface area contributed by atoms with Gasteiger partial charge in [-0.2, -0.15) is 0 Å². The maximum Gasteiger partial charge on any atom is 0.0356 e. The summed E-state index contributed by atoms with van der Waals surface area (Å²) in [4.78, 5) is 0. The monoisotopic (exact) mass is 438 g/mol. The lowest BCUT2D eigenvalue weighted by Gasteiger charge is -2.12. The standard InChI is InChI=1S/C26H15BrS/c27-19-10-12-25-23(15-19)22-14-18(9-11-24(22)28-25)26-20-7-3-1-5-16(20)13-17-6-2-4-8-21(17)26/h1-15H. The van der Waals surface area contributed by atoms with E-state index in [1.165, 1.54) is 52.8 Å². The Labute approximate surface area is 175 Å². The van der Waals surface area contributed by atoms with Crippen molar-refractivity contribution in [3.8, 4) is 11.1 Å². The summed E-state index contributed by atoms with van der Waals surface area (Å²) in [7, 11) is 0. The summed E-state index contributed by atoms with van der Waals surface area (Å²) in [6, 6.07) is 33.2. The summed E-state index contributed by atoms with van der Waals surface area (Å²) in [6.45, 7) is 0. The van der Waals surface area contributed by atoms with Gasteiger partial charge in [-0.1, -0.05) is 70.5 Å². The van der Waals surface area contributed by atoms with Crippen LogP contribution in [0.4, 0.5) is 0 Å². The van der Waals surface area contributed by atoms with E-state index in [-0.39, 0.29) is 0 Å². The molecule has 5 aromatic carbocycles. The first-order valence-electron chi connectivity index (χ1n) is 9.31. The highest BCUT2D eigenvalue weighted by molar-refractivity contribution is 9.10. The molecular weight excluding hydrogens is 424 g/mol. The molecule has 0 N–H and O–H groups in total. The molecule has 0 nitrogen and oxygen atoms in total. The first-order valence-corrected chi connectivity index (χ1v) is 10.9. The Bertz CT molecular complexity index is 1470. The third-order valence-corrected chi connectivity index (χ3v) is 7.14. The SMILES string of the molecule is Brc1ccc2sc3ccc(-c4c5ccccc5cc5ccccc45)cc3c2c1. The van der Waals surface area contributed by atoms with E-state index in [2.05, 4.69) is 107 Å². The van der Waals surface area contributed by atoms with E-state index in [0.717, 1.165) is 4.47 Å². The van der Waals surface area contributed by atoms with Gasteiger partial charge in [-0.25, -0.2) is 0 Å². The molecule has 0 aliphatic rings. The van der Waals surface area contributed by atoms with Crippen molar-refractivity contribution in [2.75, 3.05) is 0 Å². The maximum atomic E-state index is 3.64. The van der Waals surface area contributed by atoms with Crippen molar-refractivity contribution < 1.29 is 0 Å². The third kappa shape index (κ3) is 2.42. The summed E-state index contributed by atoms with van der Waals surface area (Å²) in [6.07, 6.45) is 0. The number of fused-ring (bicyclic) bond motifs is 5. The van der Waals surface area contributed by atoms with E-state index >= 15 is 0 Å². The summed E-state index contributed by atoms with van der Waals surface area (Å²) >= 11 is 5.50. The molecule has 0 radical (unpaired) electrons. The van der Waals surface area contributed by atoms with Crippen LogP contribution < -0.4 is 0 Å². The lowest BCUT2D eigenvalue weighted by Crippen LogP contribution is -1.85. The molecule has 0 aliphatic heterocycles. The number of halogens is 1. The van der Waals surface area contributed by atoms with E-state index in [9.17, 15) is 0 Å². The Balaban J connectivity index is 1.76. The second-order valence-corrected chi connectivity index (χ2v) is 9.15. The van der Waals surface area contributed by atoms with Crippen molar-refractivity contribution in [3.63, 3.8) is 0 Å². The van der Waals surface area contributed by atoms with Gasteiger partial charge in [-0.3, -0.25) is 0 Å². The Morgan fingerprint density at radius 1 is 0.536 bits per heavy atom. The summed E-state index contributed by atoms with van der Waals surface area (Å²) in [5.41, 5.74) is 2.60. The first-order chi connectivity index (χ1) is 13.8. The molecule has 0 amide bonds. The van der Waals surface area contributed by atoms with Gasteiger partial charge in [0.2, 0.25) is 0 Å². The molecule has 0 atom stereocenters. The van der Waals surface area contributed by atoms with Crippen molar-refractivity contribution in [2.24, 2.45) is 0 Å². The number of thiophene rings is 1. The minimum Gasteiger partial charge on any atom is -0.135 e. The number of hydrogen-bond acceptors (Lipinski definition) is 1. The van der Waals surface area contributed by atoms with Gasteiger partial charge in [0.25, 0.3) is 0 Å². The molecule has 0 aliphatic carbocycles. The average Bonchev–Trinajstić information content (AvgIpc) is 3.09. The van der Waals surface area contributed by atoms with Gasteiger partial charge in [0.1, 0.15) is 0 Å². The van der Waals surface area contributed by atoms with Crippen LogP contribution >= 0.6 is 27.3 Å². The van der Waals surface area contributed by atoms with E-state index in [1.807, 2.05) is 11.3 Å². The van der Waals surface area contributed by atoms with Gasteiger partial charge >= 0.3 is 0 Å². The van der Waals surface area contributed by atoms with Gasteiger partial charge in [-0.15, -0.1) is 11.3 Å². The zero-order chi connectivity index (χ0) is 18.7. The predicted octanol–water partition coefficient (Wildman–Crippen LogP) is 8.79. The van der Waals surface area contributed by atoms with Crippen LogP contribution in [0.25, 0.3) is 52.8 Å². The lowest BCUT2D eigenvalue weighted by atomic mass is 9.91. The Kier molecular flexibility index (Phi) is 3.59. The van der Waals surface area contributed by atoms with Crippen LogP contribution in [0.15, 0.2) is 95.5 Å². The molecule has 132 valence electrons. The molecule has 2 heteroatoms. The van der Waals surface area contributed by atoms with Crippen LogP contribution in [0.1, 0.15) is 0 Å². The van der Waals surface area contributed by atoms with Crippen LogP contribution in [-0.4, -0.2) is 0 Å². The highest BCUT2D eigenvalue weighted by atomic mass is 79.9. The van der Waals surface area contributed by atoms with Crippen molar-refractivity contribution in [1.82, 2.24) is 0 Å². The quantitative estimate of drug-likeness (QED) is 0.225.